The van der Waals surface area contributed by atoms with Gasteiger partial charge in [0.05, 0.1) is 6.10 Å². The van der Waals surface area contributed by atoms with E-state index in [1.54, 1.807) is 11.0 Å². The van der Waals surface area contributed by atoms with E-state index in [0.717, 1.165) is 23.7 Å². The van der Waals surface area contributed by atoms with Crippen molar-refractivity contribution in [1.29, 1.82) is 0 Å². The molecule has 1 fully saturated rings. The highest BCUT2D eigenvalue weighted by Gasteiger charge is 2.24. The molecule has 1 saturated heterocycles. The lowest BCUT2D eigenvalue weighted by molar-refractivity contribution is 0.0470. The zero-order valence-electron chi connectivity index (χ0n) is 10.6. The Hall–Kier alpha value is -2.01. The highest BCUT2D eigenvalue weighted by molar-refractivity contribution is 5.98. The van der Waals surface area contributed by atoms with Gasteiger partial charge in [-0.1, -0.05) is 0 Å². The Balaban J connectivity index is 1.88. The number of rotatable bonds is 1. The Labute approximate surface area is 111 Å². The Morgan fingerprint density at radius 2 is 2.26 bits per heavy atom. The monoisotopic (exact) mass is 259 g/mol. The van der Waals surface area contributed by atoms with Crippen LogP contribution in [0.15, 0.2) is 24.3 Å². The number of hydrogen-bond donors (Lipinski definition) is 3. The summed E-state index contributed by atoms with van der Waals surface area (Å²) in [7, 11) is 0. The van der Waals surface area contributed by atoms with Gasteiger partial charge in [-0.2, -0.15) is 0 Å². The summed E-state index contributed by atoms with van der Waals surface area (Å²) in [6.07, 6.45) is 1.21. The lowest BCUT2D eigenvalue weighted by Crippen LogP contribution is -2.42. The van der Waals surface area contributed by atoms with E-state index in [1.807, 2.05) is 18.2 Å². The molecule has 4 N–H and O–H groups in total. The van der Waals surface area contributed by atoms with Gasteiger partial charge in [0.1, 0.15) is 5.69 Å². The number of nitrogens with two attached hydrogens (primary N) is 1. The van der Waals surface area contributed by atoms with Crippen LogP contribution in [-0.2, 0) is 0 Å². The second-order valence-corrected chi connectivity index (χ2v) is 5.08. The summed E-state index contributed by atoms with van der Waals surface area (Å²) >= 11 is 0. The number of fused-ring (bicyclic) bond motifs is 1. The van der Waals surface area contributed by atoms with Crippen molar-refractivity contribution in [3.63, 3.8) is 0 Å². The third-order valence-electron chi connectivity index (χ3n) is 3.56. The van der Waals surface area contributed by atoms with Gasteiger partial charge in [0, 0.05) is 29.7 Å². The maximum atomic E-state index is 12.4. The standard InChI is InChI=1S/C14H17N3O2/c15-10-3-4-12-9(6-10)7-13(16-12)14(19)17-5-1-2-11(18)8-17/h3-4,6-7,11,16,18H,1-2,5,8,15H2/t11-/m0/s1. The molecule has 1 amide bonds. The van der Waals surface area contributed by atoms with E-state index in [0.29, 0.717) is 24.5 Å². The van der Waals surface area contributed by atoms with Gasteiger partial charge in [-0.05, 0) is 37.1 Å². The Morgan fingerprint density at radius 1 is 1.42 bits per heavy atom. The van der Waals surface area contributed by atoms with Crippen LogP contribution in [0.25, 0.3) is 10.9 Å². The smallest absolute Gasteiger partial charge is 0.270 e. The molecule has 1 aliphatic heterocycles. The Morgan fingerprint density at radius 3 is 3.05 bits per heavy atom. The van der Waals surface area contributed by atoms with Crippen LogP contribution in [0.5, 0.6) is 0 Å². The summed E-state index contributed by atoms with van der Waals surface area (Å²) in [4.78, 5) is 17.2. The zero-order valence-corrected chi connectivity index (χ0v) is 10.6. The molecule has 1 aliphatic rings. The molecule has 0 radical (unpaired) electrons. The number of hydrogen-bond acceptors (Lipinski definition) is 3. The van der Waals surface area contributed by atoms with Crippen molar-refractivity contribution in [2.75, 3.05) is 18.8 Å². The van der Waals surface area contributed by atoms with E-state index in [4.69, 9.17) is 5.73 Å². The van der Waals surface area contributed by atoms with Crippen molar-refractivity contribution in [3.05, 3.63) is 30.0 Å². The molecule has 19 heavy (non-hydrogen) atoms. The molecule has 2 heterocycles. The number of aromatic nitrogens is 1. The lowest BCUT2D eigenvalue weighted by Gasteiger charge is -2.29. The fourth-order valence-electron chi connectivity index (χ4n) is 2.58. The van der Waals surface area contributed by atoms with Crippen molar-refractivity contribution in [2.45, 2.75) is 18.9 Å². The Bertz CT molecular complexity index is 620. The molecule has 0 bridgehead atoms. The van der Waals surface area contributed by atoms with Crippen LogP contribution in [0.3, 0.4) is 0 Å². The number of carbonyl (C=O) groups excluding carboxylic acids is 1. The average Bonchev–Trinajstić information content (AvgIpc) is 2.80. The molecule has 5 nitrogen and oxygen atoms in total. The fraction of sp³-hybridized carbons (Fsp3) is 0.357. The molecule has 1 aromatic heterocycles. The molecule has 0 unspecified atom stereocenters. The van der Waals surface area contributed by atoms with Crippen molar-refractivity contribution >= 4 is 22.5 Å². The third-order valence-corrected chi connectivity index (χ3v) is 3.56. The number of benzene rings is 1. The molecule has 3 rings (SSSR count). The minimum Gasteiger partial charge on any atom is -0.399 e. The molecule has 2 aromatic rings. The van der Waals surface area contributed by atoms with Crippen LogP contribution >= 0.6 is 0 Å². The van der Waals surface area contributed by atoms with E-state index < -0.39 is 6.10 Å². The predicted molar refractivity (Wildman–Crippen MR) is 73.9 cm³/mol. The van der Waals surface area contributed by atoms with Crippen LogP contribution in [0.4, 0.5) is 5.69 Å². The summed E-state index contributed by atoms with van der Waals surface area (Å²) in [6.45, 7) is 1.11. The first-order valence-corrected chi connectivity index (χ1v) is 6.49. The third kappa shape index (κ3) is 2.29. The van der Waals surface area contributed by atoms with E-state index >= 15 is 0 Å². The maximum absolute atomic E-state index is 12.4. The molecule has 0 saturated carbocycles. The molecule has 1 atom stereocenters. The van der Waals surface area contributed by atoms with Gasteiger partial charge in [-0.15, -0.1) is 0 Å². The first kappa shape index (κ1) is 12.0. The number of anilines is 1. The molecular weight excluding hydrogens is 242 g/mol. The number of nitrogen functional groups attached to an aromatic ring is 1. The van der Waals surface area contributed by atoms with Crippen LogP contribution in [-0.4, -0.2) is 40.1 Å². The van der Waals surface area contributed by atoms with Gasteiger partial charge in [0.15, 0.2) is 0 Å². The second kappa shape index (κ2) is 4.59. The quantitative estimate of drug-likeness (QED) is 0.676. The minimum atomic E-state index is -0.405. The van der Waals surface area contributed by atoms with Gasteiger partial charge >= 0.3 is 0 Å². The second-order valence-electron chi connectivity index (χ2n) is 5.08. The number of nitrogens with one attached hydrogen (secondary N) is 1. The minimum absolute atomic E-state index is 0.0616. The maximum Gasteiger partial charge on any atom is 0.270 e. The SMILES string of the molecule is Nc1ccc2[nH]c(C(=O)N3CCC[C@H](O)C3)cc2c1. The van der Waals surface area contributed by atoms with E-state index in [9.17, 15) is 9.90 Å². The summed E-state index contributed by atoms with van der Waals surface area (Å²) in [5.41, 5.74) is 7.86. The summed E-state index contributed by atoms with van der Waals surface area (Å²) in [5.74, 6) is -0.0616. The molecule has 5 heteroatoms. The average molecular weight is 259 g/mol. The van der Waals surface area contributed by atoms with Gasteiger partial charge in [0.2, 0.25) is 0 Å². The van der Waals surface area contributed by atoms with Crippen LogP contribution in [0, 0.1) is 0 Å². The zero-order chi connectivity index (χ0) is 13.4. The van der Waals surface area contributed by atoms with E-state index in [-0.39, 0.29) is 5.91 Å². The van der Waals surface area contributed by atoms with Crippen molar-refractivity contribution in [1.82, 2.24) is 9.88 Å². The number of likely N-dealkylation sites (tertiary alicyclic amines) is 1. The van der Waals surface area contributed by atoms with Crippen LogP contribution < -0.4 is 5.73 Å². The number of nitrogens with zero attached hydrogens (tertiary/aromatic N) is 1. The van der Waals surface area contributed by atoms with Gasteiger partial charge < -0.3 is 20.7 Å². The summed E-state index contributed by atoms with van der Waals surface area (Å²) in [6, 6.07) is 7.33. The number of H-pyrrole nitrogens is 1. The molecule has 0 spiro atoms. The van der Waals surface area contributed by atoms with Gasteiger partial charge in [-0.25, -0.2) is 0 Å². The summed E-state index contributed by atoms with van der Waals surface area (Å²) in [5, 5.41) is 10.6. The first-order valence-electron chi connectivity index (χ1n) is 6.49. The van der Waals surface area contributed by atoms with Crippen molar-refractivity contribution in [2.24, 2.45) is 0 Å². The normalized spacial score (nSPS) is 19.8. The highest BCUT2D eigenvalue weighted by atomic mass is 16.3. The topological polar surface area (TPSA) is 82.4 Å². The van der Waals surface area contributed by atoms with E-state index in [1.165, 1.54) is 0 Å². The number of amides is 1. The Kier molecular flexibility index (Phi) is 2.91. The lowest BCUT2D eigenvalue weighted by atomic mass is 10.1. The fourth-order valence-corrected chi connectivity index (χ4v) is 2.58. The van der Waals surface area contributed by atoms with Gasteiger partial charge in [-0.3, -0.25) is 4.79 Å². The number of aliphatic hydroxyl groups excluding tert-OH is 1. The number of aromatic amines is 1. The van der Waals surface area contributed by atoms with Gasteiger partial charge in [0.25, 0.3) is 5.91 Å². The van der Waals surface area contributed by atoms with E-state index in [2.05, 4.69) is 4.98 Å². The predicted octanol–water partition coefficient (Wildman–Crippen LogP) is 1.35. The van der Waals surface area contributed by atoms with Crippen LogP contribution in [0.1, 0.15) is 23.3 Å². The van der Waals surface area contributed by atoms with Crippen LogP contribution in [0.2, 0.25) is 0 Å². The van der Waals surface area contributed by atoms with Crippen molar-refractivity contribution < 1.29 is 9.90 Å². The number of carbonyl (C=O) groups is 1. The number of β-amino-alcohol motifs (C(OH)–C–C–N with tert-alkyl or cyclic N) is 1. The number of piperidine rings is 1. The molecule has 0 aliphatic carbocycles. The highest BCUT2D eigenvalue weighted by Crippen LogP contribution is 2.20. The number of aliphatic hydroxyl groups is 1. The molecule has 100 valence electrons. The molecular formula is C14H17N3O2. The first-order chi connectivity index (χ1) is 9.13. The summed E-state index contributed by atoms with van der Waals surface area (Å²) < 4.78 is 0. The van der Waals surface area contributed by atoms with Crippen molar-refractivity contribution in [3.8, 4) is 0 Å². The largest absolute Gasteiger partial charge is 0.399 e. The molecule has 1 aromatic carbocycles.